The summed E-state index contributed by atoms with van der Waals surface area (Å²) in [5, 5.41) is 0. The third kappa shape index (κ3) is 51.9. The average Bonchev–Trinajstić information content (AvgIpc) is 3.30. The van der Waals surface area contributed by atoms with Crippen molar-refractivity contribution in [3.8, 4) is 0 Å². The lowest BCUT2D eigenvalue weighted by atomic mass is 10.0. The first kappa shape index (κ1) is 62.1. The van der Waals surface area contributed by atoms with Crippen molar-refractivity contribution in [2.75, 3.05) is 13.2 Å². The molecular formula is C59H104O6. The number of esters is 3. The lowest BCUT2D eigenvalue weighted by Gasteiger charge is -2.18. The first-order valence-electron chi connectivity index (χ1n) is 27.8. The van der Waals surface area contributed by atoms with Gasteiger partial charge in [0.25, 0.3) is 0 Å². The van der Waals surface area contributed by atoms with E-state index in [0.29, 0.717) is 19.3 Å². The van der Waals surface area contributed by atoms with Crippen LogP contribution in [0, 0.1) is 0 Å². The predicted molar refractivity (Wildman–Crippen MR) is 279 cm³/mol. The van der Waals surface area contributed by atoms with E-state index in [1.54, 1.807) is 0 Å². The van der Waals surface area contributed by atoms with Gasteiger partial charge in [-0.3, -0.25) is 14.4 Å². The lowest BCUT2D eigenvalue weighted by Crippen LogP contribution is -2.30. The number of carbonyl (C=O) groups is 3. The van der Waals surface area contributed by atoms with Gasteiger partial charge in [-0.05, 0) is 57.8 Å². The second-order valence-corrected chi connectivity index (χ2v) is 18.5. The lowest BCUT2D eigenvalue weighted by molar-refractivity contribution is -0.167. The molecule has 6 heteroatoms. The molecule has 0 aromatic carbocycles. The Morgan fingerprint density at radius 1 is 0.323 bits per heavy atom. The number of unbranched alkanes of at least 4 members (excludes halogenated alkanes) is 29. The number of hydrogen-bond donors (Lipinski definition) is 0. The second kappa shape index (κ2) is 53.7. The van der Waals surface area contributed by atoms with Crippen LogP contribution in [-0.2, 0) is 28.6 Å². The number of rotatable bonds is 50. The fourth-order valence-electron chi connectivity index (χ4n) is 7.89. The molecule has 0 radical (unpaired) electrons. The van der Waals surface area contributed by atoms with Crippen LogP contribution < -0.4 is 0 Å². The topological polar surface area (TPSA) is 78.9 Å². The fraction of sp³-hybridized carbons (Fsp3) is 0.780. The van der Waals surface area contributed by atoms with Gasteiger partial charge in [-0.25, -0.2) is 0 Å². The van der Waals surface area contributed by atoms with Crippen molar-refractivity contribution in [2.24, 2.45) is 0 Å². The van der Waals surface area contributed by atoms with Gasteiger partial charge in [0.2, 0.25) is 0 Å². The Kier molecular flexibility index (Phi) is 51.3. The highest BCUT2D eigenvalue weighted by Gasteiger charge is 2.19. The Balaban J connectivity index is 4.44. The van der Waals surface area contributed by atoms with Crippen molar-refractivity contribution < 1.29 is 28.6 Å². The van der Waals surface area contributed by atoms with Crippen molar-refractivity contribution in [1.29, 1.82) is 0 Å². The van der Waals surface area contributed by atoms with Crippen molar-refractivity contribution in [3.05, 3.63) is 60.8 Å². The molecule has 0 aromatic rings. The Hall–Kier alpha value is -2.89. The predicted octanol–water partition coefficient (Wildman–Crippen LogP) is 18.4. The van der Waals surface area contributed by atoms with Gasteiger partial charge >= 0.3 is 17.9 Å². The minimum absolute atomic E-state index is 0.0878. The van der Waals surface area contributed by atoms with Gasteiger partial charge < -0.3 is 14.2 Å². The highest BCUT2D eigenvalue weighted by Crippen LogP contribution is 2.16. The number of hydrogen-bond acceptors (Lipinski definition) is 6. The summed E-state index contributed by atoms with van der Waals surface area (Å²) in [4.78, 5) is 38.1. The van der Waals surface area contributed by atoms with Gasteiger partial charge in [-0.2, -0.15) is 0 Å². The Labute approximate surface area is 402 Å². The SMILES string of the molecule is CC/C=C/C/C=C/C/C=C/C/C=C/C/C=C/CCCC(=O)OC[C@@H](COC(=O)CCCCCCCCCCCCCCCC)OC(=O)CCCCCCCCCCCCCCCCCC. The quantitative estimate of drug-likeness (QED) is 0.0262. The van der Waals surface area contributed by atoms with Gasteiger partial charge in [0, 0.05) is 19.3 Å². The molecule has 65 heavy (non-hydrogen) atoms. The van der Waals surface area contributed by atoms with Crippen LogP contribution in [0.2, 0.25) is 0 Å². The first-order valence-corrected chi connectivity index (χ1v) is 27.8. The van der Waals surface area contributed by atoms with Crippen LogP contribution in [0.5, 0.6) is 0 Å². The van der Waals surface area contributed by atoms with Gasteiger partial charge in [-0.1, -0.05) is 261 Å². The van der Waals surface area contributed by atoms with Crippen molar-refractivity contribution in [1.82, 2.24) is 0 Å². The molecule has 0 fully saturated rings. The Morgan fingerprint density at radius 2 is 0.600 bits per heavy atom. The summed E-state index contributed by atoms with van der Waals surface area (Å²) in [6, 6.07) is 0. The van der Waals surface area contributed by atoms with Crippen LogP contribution in [0.1, 0.15) is 278 Å². The maximum Gasteiger partial charge on any atom is 0.306 e. The van der Waals surface area contributed by atoms with Crippen LogP contribution in [0.4, 0.5) is 0 Å². The van der Waals surface area contributed by atoms with Crippen LogP contribution in [0.3, 0.4) is 0 Å². The number of carbonyl (C=O) groups excluding carboxylic acids is 3. The maximum atomic E-state index is 12.8. The van der Waals surface area contributed by atoms with E-state index in [4.69, 9.17) is 14.2 Å². The summed E-state index contributed by atoms with van der Waals surface area (Å²) < 4.78 is 16.8. The van der Waals surface area contributed by atoms with E-state index in [0.717, 1.165) is 77.0 Å². The third-order valence-electron chi connectivity index (χ3n) is 12.0. The number of ether oxygens (including phenoxy) is 3. The minimum atomic E-state index is -0.793. The van der Waals surface area contributed by atoms with Gasteiger partial charge in [0.1, 0.15) is 13.2 Å². The van der Waals surface area contributed by atoms with Crippen LogP contribution in [0.25, 0.3) is 0 Å². The minimum Gasteiger partial charge on any atom is -0.462 e. The van der Waals surface area contributed by atoms with E-state index >= 15 is 0 Å². The van der Waals surface area contributed by atoms with Gasteiger partial charge in [0.15, 0.2) is 6.10 Å². The molecule has 0 heterocycles. The number of allylic oxidation sites excluding steroid dienone is 10. The van der Waals surface area contributed by atoms with E-state index in [2.05, 4.69) is 81.5 Å². The molecule has 0 unspecified atom stereocenters. The smallest absolute Gasteiger partial charge is 0.306 e. The second-order valence-electron chi connectivity index (χ2n) is 18.5. The molecule has 6 nitrogen and oxygen atoms in total. The maximum absolute atomic E-state index is 12.8. The molecule has 0 amide bonds. The molecule has 0 saturated carbocycles. The van der Waals surface area contributed by atoms with Gasteiger partial charge in [0.05, 0.1) is 0 Å². The van der Waals surface area contributed by atoms with Crippen LogP contribution in [0.15, 0.2) is 60.8 Å². The summed E-state index contributed by atoms with van der Waals surface area (Å²) in [6.07, 6.45) is 66.4. The van der Waals surface area contributed by atoms with E-state index < -0.39 is 6.10 Å². The molecule has 0 saturated heterocycles. The molecule has 0 aliphatic rings. The molecule has 0 rings (SSSR count). The molecule has 0 aliphatic heterocycles. The summed E-state index contributed by atoms with van der Waals surface area (Å²) in [7, 11) is 0. The molecule has 0 aliphatic carbocycles. The molecule has 376 valence electrons. The first-order chi connectivity index (χ1) is 32.0. The van der Waals surface area contributed by atoms with Crippen LogP contribution in [-0.4, -0.2) is 37.2 Å². The van der Waals surface area contributed by atoms with Crippen LogP contribution >= 0.6 is 0 Å². The van der Waals surface area contributed by atoms with E-state index in [1.807, 2.05) is 0 Å². The summed E-state index contributed by atoms with van der Waals surface area (Å²) in [5.74, 6) is -0.936. The monoisotopic (exact) mass is 909 g/mol. The largest absolute Gasteiger partial charge is 0.462 e. The molecule has 0 aromatic heterocycles. The standard InChI is InChI=1S/C59H104O6/c1-4-7-10-13-16-19-22-25-28-30-32-34-37-40-43-46-49-52-58(61)64-55-56(54-63-57(60)51-48-45-42-39-36-33-27-24-21-18-15-12-9-6-3)65-59(62)53-50-47-44-41-38-35-31-29-26-23-20-17-14-11-8-5-2/h7,10,16,19,25,28,32,34,40,43,56H,4-6,8-9,11-15,17-18,20-24,26-27,29-31,33,35-39,41-42,44-55H2,1-3H3/b10-7+,19-16+,28-25+,34-32+,43-40+/t56-/m1/s1. The summed E-state index contributed by atoms with van der Waals surface area (Å²) in [6.45, 7) is 6.51. The molecule has 1 atom stereocenters. The zero-order chi connectivity index (χ0) is 47.2. The van der Waals surface area contributed by atoms with Gasteiger partial charge in [-0.15, -0.1) is 0 Å². The normalized spacial score (nSPS) is 12.5. The Morgan fingerprint density at radius 3 is 0.938 bits per heavy atom. The summed E-state index contributed by atoms with van der Waals surface area (Å²) >= 11 is 0. The molecule has 0 bridgehead atoms. The zero-order valence-corrected chi connectivity index (χ0v) is 43.0. The molecule has 0 spiro atoms. The zero-order valence-electron chi connectivity index (χ0n) is 43.0. The fourth-order valence-corrected chi connectivity index (χ4v) is 7.89. The highest BCUT2D eigenvalue weighted by molar-refractivity contribution is 5.71. The van der Waals surface area contributed by atoms with E-state index in [1.165, 1.54) is 154 Å². The summed E-state index contributed by atoms with van der Waals surface area (Å²) in [5.41, 5.74) is 0. The van der Waals surface area contributed by atoms with E-state index in [-0.39, 0.29) is 37.5 Å². The highest BCUT2D eigenvalue weighted by atomic mass is 16.6. The van der Waals surface area contributed by atoms with E-state index in [9.17, 15) is 14.4 Å². The average molecular weight is 909 g/mol. The molecule has 0 N–H and O–H groups in total. The Bertz CT molecular complexity index is 1180. The molecular weight excluding hydrogens is 805 g/mol. The third-order valence-corrected chi connectivity index (χ3v) is 12.0. The van der Waals surface area contributed by atoms with Crippen molar-refractivity contribution >= 4 is 17.9 Å². The van der Waals surface area contributed by atoms with Crippen molar-refractivity contribution in [2.45, 2.75) is 284 Å². The van der Waals surface area contributed by atoms with Crippen molar-refractivity contribution in [3.63, 3.8) is 0 Å².